The summed E-state index contributed by atoms with van der Waals surface area (Å²) in [5.41, 5.74) is 0. The van der Waals surface area contributed by atoms with Crippen molar-refractivity contribution in [3.8, 4) is 0 Å². The van der Waals surface area contributed by atoms with Gasteiger partial charge in [-0.1, -0.05) is 6.92 Å². The van der Waals surface area contributed by atoms with Gasteiger partial charge in [-0.2, -0.15) is 13.2 Å². The highest BCUT2D eigenvalue weighted by molar-refractivity contribution is 4.65. The Morgan fingerprint density at radius 3 is 2.41 bits per heavy atom. The van der Waals surface area contributed by atoms with Crippen LogP contribution in [-0.4, -0.2) is 45.2 Å². The Labute approximate surface area is 101 Å². The zero-order valence-corrected chi connectivity index (χ0v) is 10.5. The largest absolute Gasteiger partial charge is 0.411 e. The van der Waals surface area contributed by atoms with E-state index in [1.807, 2.05) is 13.8 Å². The smallest absolute Gasteiger partial charge is 0.380 e. The molecule has 1 N–H and O–H groups in total. The molecular weight excluding hydrogens is 235 g/mol. The highest BCUT2D eigenvalue weighted by Crippen LogP contribution is 2.14. The molecule has 0 aliphatic carbocycles. The monoisotopic (exact) mass is 257 g/mol. The van der Waals surface area contributed by atoms with E-state index in [0.717, 1.165) is 13.0 Å². The van der Waals surface area contributed by atoms with Crippen LogP contribution in [0.1, 0.15) is 26.7 Å². The predicted octanol–water partition coefficient (Wildman–Crippen LogP) is 2.36. The van der Waals surface area contributed by atoms with E-state index in [0.29, 0.717) is 19.6 Å². The van der Waals surface area contributed by atoms with E-state index >= 15 is 0 Å². The molecular formula is C11H22F3NO2. The van der Waals surface area contributed by atoms with Gasteiger partial charge in [0.1, 0.15) is 6.61 Å². The normalized spacial score (nSPS) is 13.9. The zero-order valence-electron chi connectivity index (χ0n) is 10.5. The van der Waals surface area contributed by atoms with Crippen molar-refractivity contribution in [3.05, 3.63) is 0 Å². The molecule has 0 saturated heterocycles. The molecule has 0 aromatic carbocycles. The second kappa shape index (κ2) is 9.67. The van der Waals surface area contributed by atoms with E-state index < -0.39 is 12.8 Å². The van der Waals surface area contributed by atoms with Crippen molar-refractivity contribution >= 4 is 0 Å². The van der Waals surface area contributed by atoms with Crippen LogP contribution in [-0.2, 0) is 9.47 Å². The van der Waals surface area contributed by atoms with Crippen LogP contribution < -0.4 is 5.32 Å². The van der Waals surface area contributed by atoms with Crippen molar-refractivity contribution in [1.82, 2.24) is 5.32 Å². The number of nitrogens with one attached hydrogen (secondary N) is 1. The van der Waals surface area contributed by atoms with Crippen LogP contribution in [0.5, 0.6) is 0 Å². The van der Waals surface area contributed by atoms with E-state index in [1.165, 1.54) is 0 Å². The molecule has 6 heteroatoms. The van der Waals surface area contributed by atoms with Crippen molar-refractivity contribution in [3.63, 3.8) is 0 Å². The van der Waals surface area contributed by atoms with Gasteiger partial charge in [-0.05, 0) is 26.3 Å². The summed E-state index contributed by atoms with van der Waals surface area (Å²) in [6.45, 7) is 4.77. The first-order chi connectivity index (χ1) is 7.99. The molecule has 0 fully saturated rings. The van der Waals surface area contributed by atoms with Crippen molar-refractivity contribution in [2.45, 2.75) is 38.9 Å². The van der Waals surface area contributed by atoms with Crippen molar-refractivity contribution in [2.75, 3.05) is 33.0 Å². The summed E-state index contributed by atoms with van der Waals surface area (Å²) >= 11 is 0. The lowest BCUT2D eigenvalue weighted by atomic mass is 10.2. The number of ether oxygens (including phenoxy) is 2. The van der Waals surface area contributed by atoms with Gasteiger partial charge < -0.3 is 14.8 Å². The summed E-state index contributed by atoms with van der Waals surface area (Å²) in [6.07, 6.45) is -2.74. The summed E-state index contributed by atoms with van der Waals surface area (Å²) in [4.78, 5) is 0. The SMILES string of the molecule is CCCNC(CCOCC(F)(F)F)COCC. The molecule has 0 aliphatic rings. The number of hydrogen-bond acceptors (Lipinski definition) is 3. The Morgan fingerprint density at radius 2 is 1.88 bits per heavy atom. The van der Waals surface area contributed by atoms with E-state index in [9.17, 15) is 13.2 Å². The average molecular weight is 257 g/mol. The van der Waals surface area contributed by atoms with Gasteiger partial charge >= 0.3 is 6.18 Å². The third-order valence-corrected chi connectivity index (χ3v) is 2.08. The molecule has 1 atom stereocenters. The molecule has 0 aromatic rings. The summed E-state index contributed by atoms with van der Waals surface area (Å²) in [7, 11) is 0. The Kier molecular flexibility index (Phi) is 9.49. The Morgan fingerprint density at radius 1 is 1.18 bits per heavy atom. The Hall–Kier alpha value is -0.330. The molecule has 0 heterocycles. The highest BCUT2D eigenvalue weighted by atomic mass is 19.4. The maximum atomic E-state index is 11.8. The molecule has 3 nitrogen and oxygen atoms in total. The second-order valence-electron chi connectivity index (χ2n) is 3.77. The summed E-state index contributed by atoms with van der Waals surface area (Å²) < 4.78 is 45.3. The van der Waals surface area contributed by atoms with Crippen LogP contribution in [0.2, 0.25) is 0 Å². The van der Waals surface area contributed by atoms with Gasteiger partial charge in [0.15, 0.2) is 0 Å². The minimum Gasteiger partial charge on any atom is -0.380 e. The summed E-state index contributed by atoms with van der Waals surface area (Å²) in [6, 6.07) is 0.0585. The molecule has 0 aromatic heterocycles. The van der Waals surface area contributed by atoms with Crippen LogP contribution in [0.3, 0.4) is 0 Å². The van der Waals surface area contributed by atoms with Gasteiger partial charge in [-0.25, -0.2) is 0 Å². The first-order valence-electron chi connectivity index (χ1n) is 5.95. The maximum absolute atomic E-state index is 11.8. The molecule has 1 unspecified atom stereocenters. The van der Waals surface area contributed by atoms with E-state index in [4.69, 9.17) is 4.74 Å². The van der Waals surface area contributed by atoms with Crippen molar-refractivity contribution in [2.24, 2.45) is 0 Å². The molecule has 104 valence electrons. The summed E-state index contributed by atoms with van der Waals surface area (Å²) in [5, 5.41) is 3.22. The fourth-order valence-electron chi connectivity index (χ4n) is 1.27. The van der Waals surface area contributed by atoms with Crippen LogP contribution >= 0.6 is 0 Å². The fourth-order valence-corrected chi connectivity index (χ4v) is 1.27. The minimum atomic E-state index is -4.24. The average Bonchev–Trinajstić information content (AvgIpc) is 2.25. The molecule has 0 bridgehead atoms. The standard InChI is InChI=1S/C11H22F3NO2/c1-3-6-15-10(8-16-4-2)5-7-17-9-11(12,13)14/h10,15H,3-9H2,1-2H3. The molecule has 0 amide bonds. The molecule has 0 radical (unpaired) electrons. The van der Waals surface area contributed by atoms with Crippen molar-refractivity contribution in [1.29, 1.82) is 0 Å². The molecule has 0 aliphatic heterocycles. The van der Waals surface area contributed by atoms with E-state index in [-0.39, 0.29) is 12.6 Å². The third kappa shape index (κ3) is 11.9. The molecule has 0 spiro atoms. The zero-order chi connectivity index (χ0) is 13.1. The Balaban J connectivity index is 3.66. The van der Waals surface area contributed by atoms with Crippen LogP contribution in [0.25, 0.3) is 0 Å². The lowest BCUT2D eigenvalue weighted by Gasteiger charge is -2.18. The lowest BCUT2D eigenvalue weighted by Crippen LogP contribution is -2.35. The van der Waals surface area contributed by atoms with Gasteiger partial charge in [-0.15, -0.1) is 0 Å². The fraction of sp³-hybridized carbons (Fsp3) is 1.00. The van der Waals surface area contributed by atoms with Gasteiger partial charge in [0.2, 0.25) is 0 Å². The molecule has 0 saturated carbocycles. The first-order valence-corrected chi connectivity index (χ1v) is 5.95. The van der Waals surface area contributed by atoms with Gasteiger partial charge in [0.05, 0.1) is 6.61 Å². The maximum Gasteiger partial charge on any atom is 0.411 e. The highest BCUT2D eigenvalue weighted by Gasteiger charge is 2.27. The minimum absolute atomic E-state index is 0.0585. The topological polar surface area (TPSA) is 30.5 Å². The molecule has 17 heavy (non-hydrogen) atoms. The summed E-state index contributed by atoms with van der Waals surface area (Å²) in [5.74, 6) is 0. The van der Waals surface area contributed by atoms with Crippen LogP contribution in [0.4, 0.5) is 13.2 Å². The number of alkyl halides is 3. The van der Waals surface area contributed by atoms with Gasteiger partial charge in [0.25, 0.3) is 0 Å². The second-order valence-corrected chi connectivity index (χ2v) is 3.77. The van der Waals surface area contributed by atoms with E-state index in [2.05, 4.69) is 10.1 Å². The number of halogens is 3. The van der Waals surface area contributed by atoms with E-state index in [1.54, 1.807) is 0 Å². The van der Waals surface area contributed by atoms with Crippen LogP contribution in [0, 0.1) is 0 Å². The van der Waals surface area contributed by atoms with Gasteiger partial charge in [0, 0.05) is 19.3 Å². The number of hydrogen-bond donors (Lipinski definition) is 1. The third-order valence-electron chi connectivity index (χ3n) is 2.08. The molecule has 0 rings (SSSR count). The van der Waals surface area contributed by atoms with Crippen molar-refractivity contribution < 1.29 is 22.6 Å². The van der Waals surface area contributed by atoms with Gasteiger partial charge in [-0.3, -0.25) is 0 Å². The Bertz CT molecular complexity index is 169. The number of rotatable bonds is 10. The quantitative estimate of drug-likeness (QED) is 0.609. The van der Waals surface area contributed by atoms with Crippen LogP contribution in [0.15, 0.2) is 0 Å². The predicted molar refractivity (Wildman–Crippen MR) is 60.1 cm³/mol. The first kappa shape index (κ1) is 16.7. The lowest BCUT2D eigenvalue weighted by molar-refractivity contribution is -0.174.